The molecule has 7 heteroatoms. The molecule has 110 valence electrons. The zero-order valence-electron chi connectivity index (χ0n) is 11.9. The van der Waals surface area contributed by atoms with Crippen LogP contribution in [0.5, 0.6) is 0 Å². The van der Waals surface area contributed by atoms with E-state index >= 15 is 0 Å². The van der Waals surface area contributed by atoms with Crippen molar-refractivity contribution in [1.29, 1.82) is 0 Å². The number of aromatic amines is 1. The lowest BCUT2D eigenvalue weighted by Gasteiger charge is -2.15. The van der Waals surface area contributed by atoms with Gasteiger partial charge in [0.15, 0.2) is 5.82 Å². The Morgan fingerprint density at radius 2 is 2.24 bits per heavy atom. The fourth-order valence-corrected chi connectivity index (χ4v) is 2.95. The SMILES string of the molecule is Cc1noc([C@@H]2CCN(C(=O)c3cn[nH]c3C3CC3)C2)n1. The third-order valence-electron chi connectivity index (χ3n) is 4.25. The van der Waals surface area contributed by atoms with E-state index in [1.165, 1.54) is 0 Å². The highest BCUT2D eigenvalue weighted by Gasteiger charge is 2.35. The van der Waals surface area contributed by atoms with E-state index in [0.717, 1.165) is 37.1 Å². The van der Waals surface area contributed by atoms with Crippen molar-refractivity contribution in [1.82, 2.24) is 25.2 Å². The van der Waals surface area contributed by atoms with Crippen molar-refractivity contribution in [2.45, 2.75) is 38.0 Å². The van der Waals surface area contributed by atoms with Gasteiger partial charge in [0.05, 0.1) is 23.4 Å². The minimum Gasteiger partial charge on any atom is -0.339 e. The summed E-state index contributed by atoms with van der Waals surface area (Å²) in [6.45, 7) is 3.16. The molecule has 1 atom stereocenters. The van der Waals surface area contributed by atoms with Crippen LogP contribution in [0.2, 0.25) is 0 Å². The van der Waals surface area contributed by atoms with Crippen LogP contribution in [0.4, 0.5) is 0 Å². The molecule has 1 N–H and O–H groups in total. The predicted octanol–water partition coefficient (Wildman–Crippen LogP) is 1.61. The number of aromatic nitrogens is 4. The molecule has 3 heterocycles. The van der Waals surface area contributed by atoms with E-state index in [4.69, 9.17) is 4.52 Å². The Morgan fingerprint density at radius 3 is 2.95 bits per heavy atom. The highest BCUT2D eigenvalue weighted by molar-refractivity contribution is 5.95. The molecule has 1 aliphatic heterocycles. The largest absolute Gasteiger partial charge is 0.339 e. The van der Waals surface area contributed by atoms with Crippen LogP contribution in [-0.4, -0.2) is 44.2 Å². The first kappa shape index (κ1) is 12.6. The van der Waals surface area contributed by atoms with Crippen LogP contribution in [-0.2, 0) is 0 Å². The number of H-pyrrole nitrogens is 1. The van der Waals surface area contributed by atoms with Gasteiger partial charge in [-0.2, -0.15) is 10.1 Å². The lowest BCUT2D eigenvalue weighted by Crippen LogP contribution is -2.29. The summed E-state index contributed by atoms with van der Waals surface area (Å²) in [7, 11) is 0. The third kappa shape index (κ3) is 2.22. The summed E-state index contributed by atoms with van der Waals surface area (Å²) in [5.41, 5.74) is 1.72. The molecule has 21 heavy (non-hydrogen) atoms. The summed E-state index contributed by atoms with van der Waals surface area (Å²) >= 11 is 0. The van der Waals surface area contributed by atoms with Crippen molar-refractivity contribution in [2.75, 3.05) is 13.1 Å². The maximum absolute atomic E-state index is 12.6. The molecule has 0 spiro atoms. The highest BCUT2D eigenvalue weighted by Crippen LogP contribution is 2.41. The van der Waals surface area contributed by atoms with Gasteiger partial charge in [0.2, 0.25) is 5.89 Å². The quantitative estimate of drug-likeness (QED) is 0.926. The number of rotatable bonds is 3. The Hall–Kier alpha value is -2.18. The summed E-state index contributed by atoms with van der Waals surface area (Å²) in [5, 5.41) is 10.8. The topological polar surface area (TPSA) is 87.9 Å². The number of likely N-dealkylation sites (tertiary alicyclic amines) is 1. The van der Waals surface area contributed by atoms with Gasteiger partial charge in [0.1, 0.15) is 0 Å². The van der Waals surface area contributed by atoms with Gasteiger partial charge in [0, 0.05) is 19.0 Å². The number of hydrogen-bond donors (Lipinski definition) is 1. The van der Waals surface area contributed by atoms with Crippen molar-refractivity contribution in [2.24, 2.45) is 0 Å². The van der Waals surface area contributed by atoms with Crippen LogP contribution in [0.3, 0.4) is 0 Å². The van der Waals surface area contributed by atoms with E-state index in [1.54, 1.807) is 13.1 Å². The second-order valence-electron chi connectivity index (χ2n) is 5.89. The van der Waals surface area contributed by atoms with Gasteiger partial charge in [-0.05, 0) is 26.2 Å². The highest BCUT2D eigenvalue weighted by atomic mass is 16.5. The molecule has 2 aromatic rings. The van der Waals surface area contributed by atoms with E-state index in [2.05, 4.69) is 20.3 Å². The van der Waals surface area contributed by atoms with Crippen molar-refractivity contribution in [3.8, 4) is 0 Å². The summed E-state index contributed by atoms with van der Waals surface area (Å²) in [5.74, 6) is 1.97. The van der Waals surface area contributed by atoms with E-state index in [9.17, 15) is 4.79 Å². The monoisotopic (exact) mass is 287 g/mol. The molecule has 2 aliphatic rings. The standard InChI is InChI=1S/C14H17N5O2/c1-8-16-13(21-18-8)10-4-5-19(7-10)14(20)11-6-15-17-12(11)9-2-3-9/h6,9-10H,2-5,7H2,1H3,(H,15,17)/t10-/m1/s1. The predicted molar refractivity (Wildman–Crippen MR) is 72.9 cm³/mol. The molecule has 7 nitrogen and oxygen atoms in total. The second-order valence-corrected chi connectivity index (χ2v) is 5.89. The zero-order chi connectivity index (χ0) is 14.4. The zero-order valence-corrected chi connectivity index (χ0v) is 11.9. The number of hydrogen-bond acceptors (Lipinski definition) is 5. The maximum atomic E-state index is 12.6. The first-order valence-corrected chi connectivity index (χ1v) is 7.35. The van der Waals surface area contributed by atoms with Crippen molar-refractivity contribution < 1.29 is 9.32 Å². The summed E-state index contributed by atoms with van der Waals surface area (Å²) in [6.07, 6.45) is 4.81. The van der Waals surface area contributed by atoms with Gasteiger partial charge in [-0.25, -0.2) is 0 Å². The summed E-state index contributed by atoms with van der Waals surface area (Å²) < 4.78 is 5.22. The van der Waals surface area contributed by atoms with Crippen LogP contribution in [0.25, 0.3) is 0 Å². The van der Waals surface area contributed by atoms with Gasteiger partial charge in [0.25, 0.3) is 5.91 Å². The fraction of sp³-hybridized carbons (Fsp3) is 0.571. The van der Waals surface area contributed by atoms with E-state index in [0.29, 0.717) is 24.2 Å². The fourth-order valence-electron chi connectivity index (χ4n) is 2.95. The number of aryl methyl sites for hydroxylation is 1. The lowest BCUT2D eigenvalue weighted by molar-refractivity contribution is 0.0788. The first-order valence-electron chi connectivity index (χ1n) is 7.35. The van der Waals surface area contributed by atoms with Crippen LogP contribution < -0.4 is 0 Å². The van der Waals surface area contributed by atoms with Crippen LogP contribution in [0, 0.1) is 6.92 Å². The van der Waals surface area contributed by atoms with Gasteiger partial charge in [-0.15, -0.1) is 0 Å². The Labute approximate surface area is 121 Å². The molecular formula is C14H17N5O2. The Bertz CT molecular complexity index is 672. The molecule has 4 rings (SSSR count). The maximum Gasteiger partial charge on any atom is 0.257 e. The van der Waals surface area contributed by atoms with Gasteiger partial charge in [-0.3, -0.25) is 9.89 Å². The van der Waals surface area contributed by atoms with Gasteiger partial charge >= 0.3 is 0 Å². The number of nitrogens with one attached hydrogen (secondary N) is 1. The van der Waals surface area contributed by atoms with Crippen molar-refractivity contribution in [3.63, 3.8) is 0 Å². The normalized spacial score (nSPS) is 22.0. The summed E-state index contributed by atoms with van der Waals surface area (Å²) in [6, 6.07) is 0. The Kier molecular flexibility index (Phi) is 2.80. The molecular weight excluding hydrogens is 270 g/mol. The first-order chi connectivity index (χ1) is 10.2. The molecule has 1 aliphatic carbocycles. The second kappa shape index (κ2) is 4.68. The average molecular weight is 287 g/mol. The van der Waals surface area contributed by atoms with Crippen LogP contribution in [0.1, 0.15) is 58.9 Å². The van der Waals surface area contributed by atoms with E-state index in [1.807, 2.05) is 4.90 Å². The molecule has 0 unspecified atom stereocenters. The Balaban J connectivity index is 1.50. The Morgan fingerprint density at radius 1 is 1.38 bits per heavy atom. The molecule has 0 radical (unpaired) electrons. The number of carbonyl (C=O) groups excluding carboxylic acids is 1. The smallest absolute Gasteiger partial charge is 0.257 e. The van der Waals surface area contributed by atoms with Crippen molar-refractivity contribution in [3.05, 3.63) is 29.2 Å². The molecule has 1 saturated carbocycles. The van der Waals surface area contributed by atoms with E-state index < -0.39 is 0 Å². The van der Waals surface area contributed by atoms with E-state index in [-0.39, 0.29) is 11.8 Å². The molecule has 2 fully saturated rings. The number of nitrogens with zero attached hydrogens (tertiary/aromatic N) is 4. The average Bonchev–Trinajstić information content (AvgIpc) is 2.94. The number of carbonyl (C=O) groups is 1. The minimum absolute atomic E-state index is 0.0596. The molecule has 0 bridgehead atoms. The minimum atomic E-state index is 0.0596. The molecule has 2 aromatic heterocycles. The lowest BCUT2D eigenvalue weighted by atomic mass is 10.1. The van der Waals surface area contributed by atoms with Gasteiger partial charge < -0.3 is 9.42 Å². The summed E-state index contributed by atoms with van der Waals surface area (Å²) in [4.78, 5) is 18.8. The number of amides is 1. The van der Waals surface area contributed by atoms with Crippen molar-refractivity contribution >= 4 is 5.91 Å². The molecule has 1 saturated heterocycles. The molecule has 1 amide bonds. The van der Waals surface area contributed by atoms with Crippen LogP contribution >= 0.6 is 0 Å². The molecule has 0 aromatic carbocycles. The third-order valence-corrected chi connectivity index (χ3v) is 4.25. The van der Waals surface area contributed by atoms with Crippen LogP contribution in [0.15, 0.2) is 10.7 Å². The van der Waals surface area contributed by atoms with Gasteiger partial charge in [-0.1, -0.05) is 5.16 Å².